The molecule has 1 N–H and O–H groups in total. The highest BCUT2D eigenvalue weighted by molar-refractivity contribution is 5.93. The van der Waals surface area contributed by atoms with Crippen molar-refractivity contribution in [2.24, 2.45) is 0 Å². The molecule has 0 bridgehead atoms. The van der Waals surface area contributed by atoms with Gasteiger partial charge in [0.1, 0.15) is 11.6 Å². The zero-order valence-electron chi connectivity index (χ0n) is 17.6. The Kier molecular flexibility index (Phi) is 5.30. The van der Waals surface area contributed by atoms with Gasteiger partial charge in [0.15, 0.2) is 0 Å². The first-order valence-corrected chi connectivity index (χ1v) is 10.4. The molecule has 4 nitrogen and oxygen atoms in total. The molecule has 0 fully saturated rings. The second-order valence-electron chi connectivity index (χ2n) is 7.74. The molecule has 3 heterocycles. The molecule has 0 unspecified atom stereocenters. The van der Waals surface area contributed by atoms with Crippen LogP contribution in [0.4, 0.5) is 10.2 Å². The summed E-state index contributed by atoms with van der Waals surface area (Å²) in [6.07, 6.45) is 5.43. The van der Waals surface area contributed by atoms with Crippen molar-refractivity contribution >= 4 is 16.6 Å². The first-order valence-electron chi connectivity index (χ1n) is 10.4. The Morgan fingerprint density at radius 1 is 0.781 bits per heavy atom. The summed E-state index contributed by atoms with van der Waals surface area (Å²) in [4.78, 5) is 13.6. The van der Waals surface area contributed by atoms with Crippen LogP contribution >= 0.6 is 0 Å². The van der Waals surface area contributed by atoms with E-state index in [9.17, 15) is 4.39 Å². The molecule has 0 amide bonds. The summed E-state index contributed by atoms with van der Waals surface area (Å²) in [5.74, 6) is 0.479. The van der Waals surface area contributed by atoms with Crippen molar-refractivity contribution in [3.8, 4) is 22.5 Å². The second kappa shape index (κ2) is 8.55. The van der Waals surface area contributed by atoms with Gasteiger partial charge in [-0.1, -0.05) is 42.0 Å². The number of pyridine rings is 3. The number of rotatable bonds is 5. The SMILES string of the molecule is Cc1cccc(-c2ccc(CNc3nccc4cc(-c5cccc(F)c5)ncc34)cn2)c1. The van der Waals surface area contributed by atoms with Gasteiger partial charge in [-0.25, -0.2) is 9.37 Å². The van der Waals surface area contributed by atoms with Gasteiger partial charge in [0.05, 0.1) is 11.4 Å². The lowest BCUT2D eigenvalue weighted by Crippen LogP contribution is -2.03. The summed E-state index contributed by atoms with van der Waals surface area (Å²) in [5, 5.41) is 5.29. The normalized spacial score (nSPS) is 10.9. The van der Waals surface area contributed by atoms with Crippen molar-refractivity contribution in [2.45, 2.75) is 13.5 Å². The summed E-state index contributed by atoms with van der Waals surface area (Å²) in [6, 6.07) is 22.8. The second-order valence-corrected chi connectivity index (χ2v) is 7.74. The van der Waals surface area contributed by atoms with E-state index in [1.165, 1.54) is 17.7 Å². The lowest BCUT2D eigenvalue weighted by atomic mass is 10.1. The fourth-order valence-electron chi connectivity index (χ4n) is 3.70. The van der Waals surface area contributed by atoms with Crippen LogP contribution in [-0.4, -0.2) is 15.0 Å². The molecule has 32 heavy (non-hydrogen) atoms. The van der Waals surface area contributed by atoms with E-state index in [0.29, 0.717) is 6.54 Å². The monoisotopic (exact) mass is 420 g/mol. The van der Waals surface area contributed by atoms with Gasteiger partial charge < -0.3 is 5.32 Å². The third-order valence-corrected chi connectivity index (χ3v) is 5.37. The minimum absolute atomic E-state index is 0.275. The number of hydrogen-bond donors (Lipinski definition) is 1. The number of nitrogens with one attached hydrogen (secondary N) is 1. The van der Waals surface area contributed by atoms with E-state index in [-0.39, 0.29) is 5.82 Å². The van der Waals surface area contributed by atoms with Gasteiger partial charge in [-0.3, -0.25) is 9.97 Å². The van der Waals surface area contributed by atoms with Crippen LogP contribution in [0.5, 0.6) is 0 Å². The number of hydrogen-bond acceptors (Lipinski definition) is 4. The van der Waals surface area contributed by atoms with Crippen LogP contribution in [0.15, 0.2) is 91.4 Å². The molecule has 5 rings (SSSR count). The fourth-order valence-corrected chi connectivity index (χ4v) is 3.70. The van der Waals surface area contributed by atoms with Gasteiger partial charge >= 0.3 is 0 Å². The zero-order chi connectivity index (χ0) is 21.9. The average molecular weight is 420 g/mol. The molecule has 3 aromatic heterocycles. The number of aryl methyl sites for hydroxylation is 1. The molecular formula is C27H21FN4. The zero-order valence-corrected chi connectivity index (χ0v) is 17.6. The summed E-state index contributed by atoms with van der Waals surface area (Å²) >= 11 is 0. The number of nitrogens with zero attached hydrogens (tertiary/aromatic N) is 3. The highest BCUT2D eigenvalue weighted by Crippen LogP contribution is 2.26. The van der Waals surface area contributed by atoms with Gasteiger partial charge in [-0.2, -0.15) is 0 Å². The molecule has 5 heteroatoms. The summed E-state index contributed by atoms with van der Waals surface area (Å²) < 4.78 is 13.6. The number of aromatic nitrogens is 3. The fraction of sp³-hybridized carbons (Fsp3) is 0.0741. The van der Waals surface area contributed by atoms with E-state index in [1.54, 1.807) is 18.5 Å². The Morgan fingerprint density at radius 3 is 2.38 bits per heavy atom. The highest BCUT2D eigenvalue weighted by atomic mass is 19.1. The Hall–Kier alpha value is -4.12. The topological polar surface area (TPSA) is 50.7 Å². The average Bonchev–Trinajstić information content (AvgIpc) is 2.82. The Morgan fingerprint density at radius 2 is 1.59 bits per heavy atom. The predicted octanol–water partition coefficient (Wildman–Crippen LogP) is 6.42. The molecule has 0 aliphatic rings. The smallest absolute Gasteiger partial charge is 0.135 e. The molecule has 0 atom stereocenters. The van der Waals surface area contributed by atoms with Crippen molar-refractivity contribution < 1.29 is 4.39 Å². The summed E-state index contributed by atoms with van der Waals surface area (Å²) in [7, 11) is 0. The van der Waals surface area contributed by atoms with Crippen molar-refractivity contribution in [3.63, 3.8) is 0 Å². The third kappa shape index (κ3) is 4.18. The quantitative estimate of drug-likeness (QED) is 0.356. The molecule has 156 valence electrons. The molecule has 5 aromatic rings. The van der Waals surface area contributed by atoms with Gasteiger partial charge in [-0.15, -0.1) is 0 Å². The number of benzene rings is 2. The molecule has 2 aromatic carbocycles. The Balaban J connectivity index is 1.35. The molecular weight excluding hydrogens is 399 g/mol. The minimum Gasteiger partial charge on any atom is -0.365 e. The van der Waals surface area contributed by atoms with Gasteiger partial charge in [0, 0.05) is 41.6 Å². The van der Waals surface area contributed by atoms with E-state index in [2.05, 4.69) is 51.5 Å². The molecule has 0 radical (unpaired) electrons. The van der Waals surface area contributed by atoms with Crippen LogP contribution in [-0.2, 0) is 6.54 Å². The molecule has 0 saturated heterocycles. The molecule has 0 spiro atoms. The van der Waals surface area contributed by atoms with Crippen molar-refractivity contribution in [2.75, 3.05) is 5.32 Å². The number of halogens is 1. The van der Waals surface area contributed by atoms with Crippen molar-refractivity contribution in [1.29, 1.82) is 0 Å². The van der Waals surface area contributed by atoms with Crippen LogP contribution in [0, 0.1) is 12.7 Å². The van der Waals surface area contributed by atoms with Crippen LogP contribution < -0.4 is 5.32 Å². The standard InChI is InChI=1S/C27H21FN4/c1-18-4-2-5-21(12-18)25-9-8-19(15-30-25)16-32-27-24-17-31-26(14-20(24)10-11-29-27)22-6-3-7-23(28)13-22/h2-15,17H,16H2,1H3,(H,29,32). The van der Waals surface area contributed by atoms with Crippen molar-refractivity contribution in [1.82, 2.24) is 15.0 Å². The van der Waals surface area contributed by atoms with Crippen molar-refractivity contribution in [3.05, 3.63) is 108 Å². The van der Waals surface area contributed by atoms with Crippen LogP contribution in [0.3, 0.4) is 0 Å². The largest absolute Gasteiger partial charge is 0.365 e. The van der Waals surface area contributed by atoms with Crippen LogP contribution in [0.2, 0.25) is 0 Å². The first kappa shape index (κ1) is 19.8. The number of fused-ring (bicyclic) bond motifs is 1. The highest BCUT2D eigenvalue weighted by Gasteiger charge is 2.07. The van der Waals surface area contributed by atoms with E-state index >= 15 is 0 Å². The van der Waals surface area contributed by atoms with Crippen LogP contribution in [0.1, 0.15) is 11.1 Å². The summed E-state index contributed by atoms with van der Waals surface area (Å²) in [6.45, 7) is 2.67. The third-order valence-electron chi connectivity index (χ3n) is 5.37. The van der Waals surface area contributed by atoms with Gasteiger partial charge in [0.2, 0.25) is 0 Å². The minimum atomic E-state index is -0.275. The molecule has 0 aliphatic heterocycles. The predicted molar refractivity (Wildman–Crippen MR) is 127 cm³/mol. The Labute approximate surface area is 185 Å². The lowest BCUT2D eigenvalue weighted by Gasteiger charge is -2.10. The van der Waals surface area contributed by atoms with E-state index in [1.807, 2.05) is 36.5 Å². The van der Waals surface area contributed by atoms with Gasteiger partial charge in [-0.05, 0) is 54.3 Å². The van der Waals surface area contributed by atoms with E-state index in [4.69, 9.17) is 0 Å². The maximum atomic E-state index is 13.6. The molecule has 0 aliphatic carbocycles. The Bertz CT molecular complexity index is 1400. The van der Waals surface area contributed by atoms with E-state index in [0.717, 1.165) is 44.7 Å². The van der Waals surface area contributed by atoms with E-state index < -0.39 is 0 Å². The first-order chi connectivity index (χ1) is 15.7. The maximum absolute atomic E-state index is 13.6. The maximum Gasteiger partial charge on any atom is 0.135 e. The van der Waals surface area contributed by atoms with Crippen LogP contribution in [0.25, 0.3) is 33.3 Å². The summed E-state index contributed by atoms with van der Waals surface area (Å²) in [5.41, 5.74) is 5.81. The lowest BCUT2D eigenvalue weighted by molar-refractivity contribution is 0.628. The molecule has 0 saturated carbocycles. The number of anilines is 1. The van der Waals surface area contributed by atoms with Gasteiger partial charge in [0.25, 0.3) is 0 Å².